The molecule has 0 spiro atoms. The lowest BCUT2D eigenvalue weighted by atomic mass is 10.0. The monoisotopic (exact) mass is 186 g/mol. The molecule has 0 saturated heterocycles. The molecule has 0 atom stereocenters. The zero-order chi connectivity index (χ0) is 10.1. The Kier molecular flexibility index (Phi) is 2.08. The Bertz CT molecular complexity index is 498. The van der Waals surface area contributed by atoms with Gasteiger partial charge in [-0.1, -0.05) is 36.9 Å². The van der Waals surface area contributed by atoms with Crippen LogP contribution in [0.25, 0.3) is 16.8 Å². The minimum atomic E-state index is -0.127. The normalized spacial score (nSPS) is 10.4. The summed E-state index contributed by atoms with van der Waals surface area (Å²) < 4.78 is 13.6. The molecule has 1 heteroatoms. The van der Waals surface area contributed by atoms with Gasteiger partial charge in [-0.2, -0.15) is 0 Å². The van der Waals surface area contributed by atoms with Crippen molar-refractivity contribution in [3.8, 4) is 0 Å². The summed E-state index contributed by atoms with van der Waals surface area (Å²) in [6, 6.07) is 9.34. The summed E-state index contributed by atoms with van der Waals surface area (Å²) >= 11 is 0. The molecule has 70 valence electrons. The van der Waals surface area contributed by atoms with Gasteiger partial charge in [-0.05, 0) is 29.5 Å². The van der Waals surface area contributed by atoms with Crippen LogP contribution in [-0.2, 0) is 0 Å². The van der Waals surface area contributed by atoms with Crippen LogP contribution < -0.4 is 0 Å². The first-order chi connectivity index (χ1) is 6.72. The fourth-order valence-electron chi connectivity index (χ4n) is 1.55. The number of aryl methyl sites for hydroxylation is 1. The van der Waals surface area contributed by atoms with Crippen LogP contribution in [0.2, 0.25) is 0 Å². The molecule has 14 heavy (non-hydrogen) atoms. The van der Waals surface area contributed by atoms with E-state index in [9.17, 15) is 4.39 Å². The van der Waals surface area contributed by atoms with Gasteiger partial charge in [-0.25, -0.2) is 4.39 Å². The van der Waals surface area contributed by atoms with Crippen molar-refractivity contribution in [3.63, 3.8) is 0 Å². The van der Waals surface area contributed by atoms with E-state index in [0.717, 1.165) is 10.9 Å². The maximum absolute atomic E-state index is 13.6. The SMILES string of the molecule is C=Cc1ccc2c(F)c(C)ccc2c1. The van der Waals surface area contributed by atoms with Gasteiger partial charge >= 0.3 is 0 Å². The molecule has 2 rings (SSSR count). The zero-order valence-corrected chi connectivity index (χ0v) is 8.05. The van der Waals surface area contributed by atoms with Crippen molar-refractivity contribution in [2.75, 3.05) is 0 Å². The molecule has 0 unspecified atom stereocenters. The van der Waals surface area contributed by atoms with E-state index in [1.165, 1.54) is 0 Å². The van der Waals surface area contributed by atoms with Crippen LogP contribution in [0.4, 0.5) is 4.39 Å². The molecule has 0 N–H and O–H groups in total. The summed E-state index contributed by atoms with van der Waals surface area (Å²) in [5.74, 6) is -0.127. The van der Waals surface area contributed by atoms with E-state index in [-0.39, 0.29) is 5.82 Å². The molecule has 0 aliphatic rings. The van der Waals surface area contributed by atoms with Crippen molar-refractivity contribution in [2.24, 2.45) is 0 Å². The predicted octanol–water partition coefficient (Wildman–Crippen LogP) is 3.93. The van der Waals surface area contributed by atoms with Crippen LogP contribution in [0, 0.1) is 12.7 Å². The number of fused-ring (bicyclic) bond motifs is 1. The van der Waals surface area contributed by atoms with Gasteiger partial charge in [0, 0.05) is 5.39 Å². The van der Waals surface area contributed by atoms with E-state index in [2.05, 4.69) is 6.58 Å². The molecular formula is C13H11F. The number of hydrogen-bond donors (Lipinski definition) is 0. The molecule has 0 saturated carbocycles. The molecule has 2 aromatic rings. The van der Waals surface area contributed by atoms with E-state index < -0.39 is 0 Å². The molecule has 0 fully saturated rings. The van der Waals surface area contributed by atoms with Gasteiger partial charge in [-0.3, -0.25) is 0 Å². The molecule has 2 aromatic carbocycles. The van der Waals surface area contributed by atoms with Gasteiger partial charge < -0.3 is 0 Å². The molecule has 0 nitrogen and oxygen atoms in total. The van der Waals surface area contributed by atoms with Gasteiger partial charge in [0.25, 0.3) is 0 Å². The molecular weight excluding hydrogens is 175 g/mol. The highest BCUT2D eigenvalue weighted by Crippen LogP contribution is 2.22. The number of halogens is 1. The van der Waals surface area contributed by atoms with E-state index in [1.54, 1.807) is 25.1 Å². The number of hydrogen-bond acceptors (Lipinski definition) is 0. The Morgan fingerprint density at radius 3 is 2.71 bits per heavy atom. The van der Waals surface area contributed by atoms with Crippen LogP contribution in [0.3, 0.4) is 0 Å². The molecule has 0 aliphatic heterocycles. The van der Waals surface area contributed by atoms with Crippen LogP contribution in [-0.4, -0.2) is 0 Å². The summed E-state index contributed by atoms with van der Waals surface area (Å²) in [5.41, 5.74) is 1.70. The third kappa shape index (κ3) is 1.31. The van der Waals surface area contributed by atoms with Crippen molar-refractivity contribution < 1.29 is 4.39 Å². The summed E-state index contributed by atoms with van der Waals surface area (Å²) in [4.78, 5) is 0. The molecule has 0 heterocycles. The smallest absolute Gasteiger partial charge is 0.133 e. The lowest BCUT2D eigenvalue weighted by Crippen LogP contribution is -1.85. The molecule has 0 radical (unpaired) electrons. The van der Waals surface area contributed by atoms with Crippen molar-refractivity contribution in [1.29, 1.82) is 0 Å². The largest absolute Gasteiger partial charge is 0.206 e. The highest BCUT2D eigenvalue weighted by molar-refractivity contribution is 5.85. The molecule has 0 amide bonds. The minimum Gasteiger partial charge on any atom is -0.206 e. The second-order valence-corrected chi connectivity index (χ2v) is 3.38. The van der Waals surface area contributed by atoms with Gasteiger partial charge in [0.15, 0.2) is 0 Å². The Morgan fingerprint density at radius 2 is 2.00 bits per heavy atom. The van der Waals surface area contributed by atoms with Gasteiger partial charge in [0.05, 0.1) is 0 Å². The Balaban J connectivity index is 2.81. The van der Waals surface area contributed by atoms with E-state index in [4.69, 9.17) is 0 Å². The van der Waals surface area contributed by atoms with E-state index >= 15 is 0 Å². The van der Waals surface area contributed by atoms with Crippen LogP contribution in [0.5, 0.6) is 0 Å². The van der Waals surface area contributed by atoms with Gasteiger partial charge in [0.2, 0.25) is 0 Å². The van der Waals surface area contributed by atoms with Crippen LogP contribution in [0.1, 0.15) is 11.1 Å². The molecule has 0 bridgehead atoms. The summed E-state index contributed by atoms with van der Waals surface area (Å²) in [6.07, 6.45) is 1.76. The van der Waals surface area contributed by atoms with Gasteiger partial charge in [-0.15, -0.1) is 0 Å². The molecule has 0 aliphatic carbocycles. The third-order valence-electron chi connectivity index (χ3n) is 2.41. The van der Waals surface area contributed by atoms with Crippen molar-refractivity contribution in [2.45, 2.75) is 6.92 Å². The topological polar surface area (TPSA) is 0 Å². The first-order valence-corrected chi connectivity index (χ1v) is 4.53. The van der Waals surface area contributed by atoms with Crippen molar-refractivity contribution >= 4 is 16.8 Å². The van der Waals surface area contributed by atoms with Crippen molar-refractivity contribution in [3.05, 3.63) is 53.9 Å². The van der Waals surface area contributed by atoms with E-state index in [0.29, 0.717) is 10.9 Å². The van der Waals surface area contributed by atoms with Crippen LogP contribution >= 0.6 is 0 Å². The zero-order valence-electron chi connectivity index (χ0n) is 8.05. The number of rotatable bonds is 1. The quantitative estimate of drug-likeness (QED) is 0.633. The maximum Gasteiger partial charge on any atom is 0.133 e. The van der Waals surface area contributed by atoms with Crippen LogP contribution in [0.15, 0.2) is 36.9 Å². The average Bonchev–Trinajstić information content (AvgIpc) is 2.23. The minimum absolute atomic E-state index is 0.127. The fraction of sp³-hybridized carbons (Fsp3) is 0.0769. The Morgan fingerprint density at radius 1 is 1.21 bits per heavy atom. The Hall–Kier alpha value is -1.63. The first kappa shape index (κ1) is 8.95. The lowest BCUT2D eigenvalue weighted by Gasteiger charge is -2.03. The summed E-state index contributed by atoms with van der Waals surface area (Å²) in [5, 5.41) is 1.60. The fourth-order valence-corrected chi connectivity index (χ4v) is 1.55. The predicted molar refractivity (Wildman–Crippen MR) is 58.7 cm³/mol. The second-order valence-electron chi connectivity index (χ2n) is 3.38. The first-order valence-electron chi connectivity index (χ1n) is 4.53. The summed E-state index contributed by atoms with van der Waals surface area (Å²) in [7, 11) is 0. The average molecular weight is 186 g/mol. The number of benzene rings is 2. The van der Waals surface area contributed by atoms with E-state index in [1.807, 2.05) is 18.2 Å². The maximum atomic E-state index is 13.6. The highest BCUT2D eigenvalue weighted by Gasteiger charge is 2.03. The third-order valence-corrected chi connectivity index (χ3v) is 2.41. The molecule has 0 aromatic heterocycles. The lowest BCUT2D eigenvalue weighted by molar-refractivity contribution is 0.631. The van der Waals surface area contributed by atoms with Gasteiger partial charge in [0.1, 0.15) is 5.82 Å². The summed E-state index contributed by atoms with van der Waals surface area (Å²) in [6.45, 7) is 5.46. The highest BCUT2D eigenvalue weighted by atomic mass is 19.1. The van der Waals surface area contributed by atoms with Crippen molar-refractivity contribution in [1.82, 2.24) is 0 Å². The Labute approximate surface area is 82.7 Å². The standard InChI is InChI=1S/C13H11F/c1-3-10-5-7-12-11(8-10)6-4-9(2)13(12)14/h3-8H,1H2,2H3. The second kappa shape index (κ2) is 3.26.